The number of thiophene rings is 1. The van der Waals surface area contributed by atoms with E-state index in [-0.39, 0.29) is 11.9 Å². The van der Waals surface area contributed by atoms with Crippen LogP contribution in [0.5, 0.6) is 5.75 Å². The Bertz CT molecular complexity index is 857. The van der Waals surface area contributed by atoms with E-state index in [2.05, 4.69) is 12.2 Å². The molecular weight excluding hydrogens is 342 g/mol. The molecule has 2 aromatic carbocycles. The second kappa shape index (κ2) is 8.68. The van der Waals surface area contributed by atoms with Gasteiger partial charge in [-0.2, -0.15) is 0 Å². The first kappa shape index (κ1) is 18.2. The van der Waals surface area contributed by atoms with Crippen LogP contribution in [0.1, 0.15) is 45.7 Å². The Morgan fingerprint density at radius 3 is 2.58 bits per heavy atom. The summed E-state index contributed by atoms with van der Waals surface area (Å²) < 4.78 is 5.86. The van der Waals surface area contributed by atoms with E-state index in [1.54, 1.807) is 0 Å². The molecule has 0 aliphatic carbocycles. The minimum Gasteiger partial charge on any atom is -0.489 e. The van der Waals surface area contributed by atoms with Crippen molar-refractivity contribution >= 4 is 17.2 Å². The van der Waals surface area contributed by atoms with E-state index in [0.717, 1.165) is 28.9 Å². The summed E-state index contributed by atoms with van der Waals surface area (Å²) in [6.45, 7) is 4.56. The second-order valence-electron chi connectivity index (χ2n) is 6.22. The number of carbonyl (C=O) groups is 1. The van der Waals surface area contributed by atoms with Gasteiger partial charge in [0.25, 0.3) is 5.91 Å². The van der Waals surface area contributed by atoms with Crippen molar-refractivity contribution in [2.75, 3.05) is 0 Å². The standard InChI is InChI=1S/C22H23NO2S/c1-3-19(18-10-5-4-6-11-18)23-22(24)21-13-17(15-26-21)14-25-20-12-8-7-9-16(20)2/h4-13,15,19H,3,14H2,1-2H3,(H,23,24). The number of rotatable bonds is 7. The van der Waals surface area contributed by atoms with Gasteiger partial charge in [-0.3, -0.25) is 4.79 Å². The molecule has 0 aliphatic rings. The molecule has 1 N–H and O–H groups in total. The van der Waals surface area contributed by atoms with Crippen LogP contribution < -0.4 is 10.1 Å². The van der Waals surface area contributed by atoms with Crippen molar-refractivity contribution in [2.24, 2.45) is 0 Å². The van der Waals surface area contributed by atoms with Gasteiger partial charge in [-0.15, -0.1) is 11.3 Å². The zero-order chi connectivity index (χ0) is 18.4. The van der Waals surface area contributed by atoms with Crippen molar-refractivity contribution in [1.29, 1.82) is 0 Å². The molecular formula is C22H23NO2S. The number of amides is 1. The number of aryl methyl sites for hydroxylation is 1. The van der Waals surface area contributed by atoms with E-state index in [4.69, 9.17) is 4.74 Å². The minimum absolute atomic E-state index is 0.0254. The van der Waals surface area contributed by atoms with Gasteiger partial charge in [-0.1, -0.05) is 55.5 Å². The Hall–Kier alpha value is -2.59. The molecule has 0 saturated carbocycles. The van der Waals surface area contributed by atoms with Crippen LogP contribution in [-0.2, 0) is 6.61 Å². The molecule has 3 rings (SSSR count). The van der Waals surface area contributed by atoms with Crippen molar-refractivity contribution in [2.45, 2.75) is 32.9 Å². The van der Waals surface area contributed by atoms with Gasteiger partial charge in [-0.25, -0.2) is 0 Å². The maximum atomic E-state index is 12.6. The van der Waals surface area contributed by atoms with Crippen LogP contribution in [0.2, 0.25) is 0 Å². The number of benzene rings is 2. The molecule has 26 heavy (non-hydrogen) atoms. The summed E-state index contributed by atoms with van der Waals surface area (Å²) in [6, 6.07) is 19.9. The molecule has 0 radical (unpaired) electrons. The number of ether oxygens (including phenoxy) is 1. The van der Waals surface area contributed by atoms with E-state index in [1.807, 2.05) is 73.0 Å². The molecule has 4 heteroatoms. The Kier molecular flexibility index (Phi) is 6.08. The maximum absolute atomic E-state index is 12.6. The molecule has 0 saturated heterocycles. The first-order valence-corrected chi connectivity index (χ1v) is 9.67. The lowest BCUT2D eigenvalue weighted by molar-refractivity contribution is 0.0939. The Labute approximate surface area is 158 Å². The lowest BCUT2D eigenvalue weighted by Crippen LogP contribution is -2.27. The summed E-state index contributed by atoms with van der Waals surface area (Å²) >= 11 is 1.45. The van der Waals surface area contributed by atoms with Gasteiger partial charge in [0.1, 0.15) is 12.4 Å². The highest BCUT2D eigenvalue weighted by Crippen LogP contribution is 2.22. The SMILES string of the molecule is CCC(NC(=O)c1cc(COc2ccccc2C)cs1)c1ccccc1. The molecule has 0 aliphatic heterocycles. The third-order valence-electron chi connectivity index (χ3n) is 4.28. The van der Waals surface area contributed by atoms with Gasteiger partial charge in [0.15, 0.2) is 0 Å². The number of hydrogen-bond acceptors (Lipinski definition) is 3. The second-order valence-corrected chi connectivity index (χ2v) is 7.13. The summed E-state index contributed by atoms with van der Waals surface area (Å²) in [5.74, 6) is 0.840. The van der Waals surface area contributed by atoms with E-state index >= 15 is 0 Å². The quantitative estimate of drug-likeness (QED) is 0.599. The number of para-hydroxylation sites is 1. The molecule has 1 heterocycles. The minimum atomic E-state index is -0.0344. The van der Waals surface area contributed by atoms with Gasteiger partial charge in [0.2, 0.25) is 0 Å². The normalized spacial score (nSPS) is 11.8. The summed E-state index contributed by atoms with van der Waals surface area (Å²) in [6.07, 6.45) is 0.852. The van der Waals surface area contributed by atoms with Crippen molar-refractivity contribution in [3.05, 3.63) is 87.6 Å². The highest BCUT2D eigenvalue weighted by Gasteiger charge is 2.15. The lowest BCUT2D eigenvalue weighted by Gasteiger charge is -2.16. The van der Waals surface area contributed by atoms with Crippen LogP contribution in [-0.4, -0.2) is 5.91 Å². The highest BCUT2D eigenvalue weighted by molar-refractivity contribution is 7.12. The Morgan fingerprint density at radius 1 is 1.12 bits per heavy atom. The van der Waals surface area contributed by atoms with Gasteiger partial charge in [-0.05, 0) is 42.0 Å². The maximum Gasteiger partial charge on any atom is 0.261 e. The summed E-state index contributed by atoms with van der Waals surface area (Å²) in [5, 5.41) is 5.11. The summed E-state index contributed by atoms with van der Waals surface area (Å²) in [7, 11) is 0. The van der Waals surface area contributed by atoms with Crippen molar-refractivity contribution in [3.8, 4) is 5.75 Å². The molecule has 1 unspecified atom stereocenters. The average molecular weight is 365 g/mol. The molecule has 1 atom stereocenters. The van der Waals surface area contributed by atoms with Crippen LogP contribution in [0, 0.1) is 6.92 Å². The first-order chi connectivity index (χ1) is 12.7. The van der Waals surface area contributed by atoms with Crippen LogP contribution >= 0.6 is 11.3 Å². The molecule has 3 nitrogen and oxygen atoms in total. The van der Waals surface area contributed by atoms with Crippen molar-refractivity contribution in [3.63, 3.8) is 0 Å². The number of hydrogen-bond donors (Lipinski definition) is 1. The average Bonchev–Trinajstić information content (AvgIpc) is 3.15. The molecule has 134 valence electrons. The third-order valence-corrected chi connectivity index (χ3v) is 5.26. The third kappa shape index (κ3) is 4.52. The predicted molar refractivity (Wildman–Crippen MR) is 107 cm³/mol. The molecule has 0 fully saturated rings. The Balaban J connectivity index is 1.61. The van der Waals surface area contributed by atoms with Crippen LogP contribution in [0.15, 0.2) is 66.0 Å². The zero-order valence-corrected chi connectivity index (χ0v) is 15.9. The molecule has 3 aromatic rings. The fourth-order valence-electron chi connectivity index (χ4n) is 2.79. The van der Waals surface area contributed by atoms with E-state index in [9.17, 15) is 4.79 Å². The predicted octanol–water partition coefficient (Wildman–Crippen LogP) is 5.52. The Morgan fingerprint density at radius 2 is 1.85 bits per heavy atom. The van der Waals surface area contributed by atoms with Gasteiger partial charge in [0, 0.05) is 5.56 Å². The first-order valence-electron chi connectivity index (χ1n) is 8.79. The number of carbonyl (C=O) groups excluding carboxylic acids is 1. The smallest absolute Gasteiger partial charge is 0.261 e. The van der Waals surface area contributed by atoms with Crippen molar-refractivity contribution < 1.29 is 9.53 Å². The fourth-order valence-corrected chi connectivity index (χ4v) is 3.59. The van der Waals surface area contributed by atoms with Gasteiger partial charge >= 0.3 is 0 Å². The molecule has 0 spiro atoms. The topological polar surface area (TPSA) is 38.3 Å². The van der Waals surface area contributed by atoms with Crippen LogP contribution in [0.25, 0.3) is 0 Å². The zero-order valence-electron chi connectivity index (χ0n) is 15.1. The van der Waals surface area contributed by atoms with Crippen LogP contribution in [0.4, 0.5) is 0 Å². The fraction of sp³-hybridized carbons (Fsp3) is 0.227. The van der Waals surface area contributed by atoms with Crippen LogP contribution in [0.3, 0.4) is 0 Å². The summed E-state index contributed by atoms with van der Waals surface area (Å²) in [4.78, 5) is 13.3. The molecule has 1 amide bonds. The largest absolute Gasteiger partial charge is 0.489 e. The molecule has 1 aromatic heterocycles. The van der Waals surface area contributed by atoms with Crippen molar-refractivity contribution in [1.82, 2.24) is 5.32 Å². The molecule has 0 bridgehead atoms. The lowest BCUT2D eigenvalue weighted by atomic mass is 10.0. The van der Waals surface area contributed by atoms with E-state index in [0.29, 0.717) is 11.5 Å². The summed E-state index contributed by atoms with van der Waals surface area (Å²) in [5.41, 5.74) is 3.24. The van der Waals surface area contributed by atoms with E-state index < -0.39 is 0 Å². The highest BCUT2D eigenvalue weighted by atomic mass is 32.1. The monoisotopic (exact) mass is 365 g/mol. The van der Waals surface area contributed by atoms with Gasteiger partial charge < -0.3 is 10.1 Å². The number of nitrogens with one attached hydrogen (secondary N) is 1. The van der Waals surface area contributed by atoms with Gasteiger partial charge in [0.05, 0.1) is 10.9 Å². The van der Waals surface area contributed by atoms with E-state index in [1.165, 1.54) is 11.3 Å².